The Balaban J connectivity index is 2.07. The van der Waals surface area contributed by atoms with E-state index in [-0.39, 0.29) is 11.4 Å². The highest BCUT2D eigenvalue weighted by atomic mass is 16.5. The number of carbonyl (C=O) groups is 1. The monoisotopic (exact) mass is 186 g/mol. The molecule has 4 heteroatoms. The van der Waals surface area contributed by atoms with Gasteiger partial charge in [0.1, 0.15) is 0 Å². The highest BCUT2D eigenvalue weighted by Gasteiger charge is 2.33. The molecule has 1 fully saturated rings. The SMILES string of the molecule is CCCNC(=O)NCC1(C)COC1. The summed E-state index contributed by atoms with van der Waals surface area (Å²) < 4.78 is 5.08. The van der Waals surface area contributed by atoms with Gasteiger partial charge in [0, 0.05) is 18.5 Å². The summed E-state index contributed by atoms with van der Waals surface area (Å²) in [5.74, 6) is 0. The van der Waals surface area contributed by atoms with Gasteiger partial charge in [-0.1, -0.05) is 13.8 Å². The zero-order valence-corrected chi connectivity index (χ0v) is 8.35. The average molecular weight is 186 g/mol. The molecule has 0 aliphatic carbocycles. The fourth-order valence-electron chi connectivity index (χ4n) is 1.15. The fourth-order valence-corrected chi connectivity index (χ4v) is 1.15. The third-order valence-electron chi connectivity index (χ3n) is 2.11. The molecule has 1 aliphatic rings. The van der Waals surface area contributed by atoms with Crippen LogP contribution in [0.15, 0.2) is 0 Å². The Bertz CT molecular complexity index is 178. The summed E-state index contributed by atoms with van der Waals surface area (Å²) in [5, 5.41) is 5.59. The largest absolute Gasteiger partial charge is 0.380 e. The molecule has 0 atom stereocenters. The van der Waals surface area contributed by atoms with Crippen LogP contribution in [0.2, 0.25) is 0 Å². The first-order chi connectivity index (χ1) is 6.16. The molecule has 0 spiro atoms. The molecule has 0 radical (unpaired) electrons. The van der Waals surface area contributed by atoms with E-state index in [9.17, 15) is 4.79 Å². The van der Waals surface area contributed by atoms with Crippen molar-refractivity contribution in [3.63, 3.8) is 0 Å². The molecule has 2 N–H and O–H groups in total. The van der Waals surface area contributed by atoms with Crippen molar-refractivity contribution in [1.82, 2.24) is 10.6 Å². The topological polar surface area (TPSA) is 50.4 Å². The smallest absolute Gasteiger partial charge is 0.314 e. The number of urea groups is 1. The summed E-state index contributed by atoms with van der Waals surface area (Å²) in [5.41, 5.74) is 0.156. The molecule has 0 saturated carbocycles. The lowest BCUT2D eigenvalue weighted by Crippen LogP contribution is -2.50. The molecule has 4 nitrogen and oxygen atoms in total. The average Bonchev–Trinajstić information content (AvgIpc) is 2.08. The van der Waals surface area contributed by atoms with Gasteiger partial charge in [-0.25, -0.2) is 4.79 Å². The van der Waals surface area contributed by atoms with Gasteiger partial charge in [-0.2, -0.15) is 0 Å². The molecule has 0 unspecified atom stereocenters. The van der Waals surface area contributed by atoms with Crippen molar-refractivity contribution < 1.29 is 9.53 Å². The van der Waals surface area contributed by atoms with Crippen LogP contribution in [0, 0.1) is 5.41 Å². The minimum Gasteiger partial charge on any atom is -0.380 e. The van der Waals surface area contributed by atoms with E-state index in [4.69, 9.17) is 4.74 Å². The van der Waals surface area contributed by atoms with Crippen molar-refractivity contribution in [2.24, 2.45) is 5.41 Å². The predicted octanol–water partition coefficient (Wildman–Crippen LogP) is 0.732. The molecular weight excluding hydrogens is 168 g/mol. The van der Waals surface area contributed by atoms with Crippen LogP contribution in [0.1, 0.15) is 20.3 Å². The van der Waals surface area contributed by atoms with Gasteiger partial charge in [0.15, 0.2) is 0 Å². The second-order valence-electron chi connectivity index (χ2n) is 3.91. The van der Waals surface area contributed by atoms with E-state index in [1.54, 1.807) is 0 Å². The molecule has 0 aromatic rings. The number of rotatable bonds is 4. The third-order valence-corrected chi connectivity index (χ3v) is 2.11. The van der Waals surface area contributed by atoms with E-state index in [0.29, 0.717) is 6.54 Å². The third kappa shape index (κ3) is 3.22. The molecule has 0 aromatic carbocycles. The van der Waals surface area contributed by atoms with E-state index in [1.807, 2.05) is 6.92 Å². The van der Waals surface area contributed by atoms with Gasteiger partial charge < -0.3 is 15.4 Å². The standard InChI is InChI=1S/C9H18N2O2/c1-3-4-10-8(12)11-5-9(2)6-13-7-9/h3-7H2,1-2H3,(H2,10,11,12). The summed E-state index contributed by atoms with van der Waals surface area (Å²) in [4.78, 5) is 11.1. The minimum absolute atomic E-state index is 0.0741. The van der Waals surface area contributed by atoms with Crippen LogP contribution in [0.5, 0.6) is 0 Å². The van der Waals surface area contributed by atoms with E-state index >= 15 is 0 Å². The molecule has 1 heterocycles. The number of nitrogens with one attached hydrogen (secondary N) is 2. The van der Waals surface area contributed by atoms with Gasteiger partial charge in [0.25, 0.3) is 0 Å². The molecule has 76 valence electrons. The Morgan fingerprint density at radius 1 is 1.46 bits per heavy atom. The van der Waals surface area contributed by atoms with Gasteiger partial charge in [0.2, 0.25) is 0 Å². The summed E-state index contributed by atoms with van der Waals surface area (Å²) in [6.45, 7) is 7.07. The first-order valence-electron chi connectivity index (χ1n) is 4.76. The van der Waals surface area contributed by atoms with Gasteiger partial charge in [0.05, 0.1) is 13.2 Å². The molecule has 1 rings (SSSR count). The van der Waals surface area contributed by atoms with Crippen LogP contribution >= 0.6 is 0 Å². The zero-order chi connectivity index (χ0) is 9.73. The maximum atomic E-state index is 11.1. The fraction of sp³-hybridized carbons (Fsp3) is 0.889. The quantitative estimate of drug-likeness (QED) is 0.680. The van der Waals surface area contributed by atoms with Crippen LogP contribution in [0.25, 0.3) is 0 Å². The van der Waals surface area contributed by atoms with Crippen molar-refractivity contribution in [2.75, 3.05) is 26.3 Å². The Morgan fingerprint density at radius 3 is 2.62 bits per heavy atom. The number of hydrogen-bond acceptors (Lipinski definition) is 2. The second kappa shape index (κ2) is 4.46. The highest BCUT2D eigenvalue weighted by Crippen LogP contribution is 2.24. The van der Waals surface area contributed by atoms with Gasteiger partial charge in [-0.05, 0) is 6.42 Å². The van der Waals surface area contributed by atoms with E-state index in [2.05, 4.69) is 17.6 Å². The summed E-state index contributed by atoms with van der Waals surface area (Å²) in [6.07, 6.45) is 0.966. The zero-order valence-electron chi connectivity index (χ0n) is 8.35. The van der Waals surface area contributed by atoms with Crippen molar-refractivity contribution in [3.05, 3.63) is 0 Å². The van der Waals surface area contributed by atoms with Crippen molar-refractivity contribution in [3.8, 4) is 0 Å². The van der Waals surface area contributed by atoms with Crippen LogP contribution in [-0.2, 0) is 4.74 Å². The highest BCUT2D eigenvalue weighted by molar-refractivity contribution is 5.73. The summed E-state index contributed by atoms with van der Waals surface area (Å²) in [7, 11) is 0. The molecular formula is C9H18N2O2. The summed E-state index contributed by atoms with van der Waals surface area (Å²) in [6, 6.07) is -0.0741. The number of hydrogen-bond donors (Lipinski definition) is 2. The molecule has 0 aromatic heterocycles. The lowest BCUT2D eigenvalue weighted by atomic mass is 9.89. The molecule has 0 bridgehead atoms. The second-order valence-corrected chi connectivity index (χ2v) is 3.91. The predicted molar refractivity (Wildman–Crippen MR) is 50.6 cm³/mol. The first kappa shape index (κ1) is 10.3. The van der Waals surface area contributed by atoms with E-state index in [0.717, 1.165) is 26.2 Å². The first-order valence-corrected chi connectivity index (χ1v) is 4.76. The number of ether oxygens (including phenoxy) is 1. The van der Waals surface area contributed by atoms with Gasteiger partial charge in [-0.15, -0.1) is 0 Å². The van der Waals surface area contributed by atoms with Crippen LogP contribution in [-0.4, -0.2) is 32.3 Å². The molecule has 2 amide bonds. The number of amides is 2. The molecule has 13 heavy (non-hydrogen) atoms. The van der Waals surface area contributed by atoms with Crippen molar-refractivity contribution in [1.29, 1.82) is 0 Å². The molecule has 1 saturated heterocycles. The maximum Gasteiger partial charge on any atom is 0.314 e. The minimum atomic E-state index is -0.0741. The lowest BCUT2D eigenvalue weighted by molar-refractivity contribution is -0.0975. The van der Waals surface area contributed by atoms with Gasteiger partial charge in [-0.3, -0.25) is 0 Å². The Labute approximate surface area is 79.0 Å². The van der Waals surface area contributed by atoms with Crippen LogP contribution in [0.4, 0.5) is 4.79 Å². The Hall–Kier alpha value is -0.770. The normalized spacial score (nSPS) is 18.9. The van der Waals surface area contributed by atoms with E-state index < -0.39 is 0 Å². The van der Waals surface area contributed by atoms with E-state index in [1.165, 1.54) is 0 Å². The number of carbonyl (C=O) groups excluding carboxylic acids is 1. The van der Waals surface area contributed by atoms with Gasteiger partial charge >= 0.3 is 6.03 Å². The lowest BCUT2D eigenvalue weighted by Gasteiger charge is -2.37. The Morgan fingerprint density at radius 2 is 2.15 bits per heavy atom. The summed E-state index contributed by atoms with van der Waals surface area (Å²) >= 11 is 0. The Kier molecular flexibility index (Phi) is 3.54. The van der Waals surface area contributed by atoms with Crippen LogP contribution in [0.3, 0.4) is 0 Å². The van der Waals surface area contributed by atoms with Crippen LogP contribution < -0.4 is 10.6 Å². The molecule has 1 aliphatic heterocycles. The van der Waals surface area contributed by atoms with Crippen molar-refractivity contribution >= 4 is 6.03 Å². The van der Waals surface area contributed by atoms with Crippen molar-refractivity contribution in [2.45, 2.75) is 20.3 Å². The maximum absolute atomic E-state index is 11.1.